The molecule has 0 aliphatic heterocycles. The average molecular weight is 391 g/mol. The molecule has 0 saturated heterocycles. The van der Waals surface area contributed by atoms with Crippen molar-refractivity contribution in [1.29, 1.82) is 0 Å². The number of rotatable bonds is 5. The van der Waals surface area contributed by atoms with Gasteiger partial charge in [-0.05, 0) is 69.2 Å². The van der Waals surface area contributed by atoms with Crippen LogP contribution in [0.3, 0.4) is 0 Å². The Balaban J connectivity index is 2.04. The molecule has 0 saturated carbocycles. The summed E-state index contributed by atoms with van der Waals surface area (Å²) in [5.41, 5.74) is 4.65. The Bertz CT molecular complexity index is 823. The van der Waals surface area contributed by atoms with Crippen molar-refractivity contribution in [2.24, 2.45) is 0 Å². The molecule has 4 nitrogen and oxygen atoms in total. The molecule has 0 heterocycles. The number of benzene rings is 2. The predicted octanol–water partition coefficient (Wildman–Crippen LogP) is 5.18. The van der Waals surface area contributed by atoms with Gasteiger partial charge in [0.15, 0.2) is 5.11 Å². The lowest BCUT2D eigenvalue weighted by molar-refractivity contribution is 0.0526. The van der Waals surface area contributed by atoms with Crippen molar-refractivity contribution in [2.45, 2.75) is 33.7 Å². The van der Waals surface area contributed by atoms with Gasteiger partial charge in [-0.1, -0.05) is 35.4 Å². The average Bonchev–Trinajstić information content (AvgIpc) is 2.57. The fraction of sp³-hybridized carbons (Fsp3) is 0.300. The third-order valence-corrected chi connectivity index (χ3v) is 4.50. The molecule has 2 aromatic rings. The molecule has 0 aliphatic rings. The highest BCUT2D eigenvalue weighted by molar-refractivity contribution is 7.80. The van der Waals surface area contributed by atoms with E-state index in [9.17, 15) is 4.79 Å². The van der Waals surface area contributed by atoms with Gasteiger partial charge in [0.05, 0.1) is 23.2 Å². The molecule has 0 aromatic heterocycles. The summed E-state index contributed by atoms with van der Waals surface area (Å²) in [6.07, 6.45) is 0. The van der Waals surface area contributed by atoms with E-state index in [0.29, 0.717) is 28.0 Å². The summed E-state index contributed by atoms with van der Waals surface area (Å²) in [6.45, 7) is 8.27. The monoisotopic (exact) mass is 390 g/mol. The van der Waals surface area contributed by atoms with Crippen LogP contribution in [0.1, 0.15) is 46.9 Å². The van der Waals surface area contributed by atoms with E-state index in [1.807, 2.05) is 0 Å². The number of ether oxygens (including phenoxy) is 1. The maximum absolute atomic E-state index is 11.8. The number of carbonyl (C=O) groups excluding carboxylic acids is 1. The number of nitrogens with one attached hydrogen (secondary N) is 2. The normalized spacial score (nSPS) is 11.6. The first-order valence-corrected chi connectivity index (χ1v) is 9.21. The van der Waals surface area contributed by atoms with Gasteiger partial charge < -0.3 is 15.4 Å². The van der Waals surface area contributed by atoms with E-state index in [-0.39, 0.29) is 6.04 Å². The molecule has 0 spiro atoms. The molecule has 0 fully saturated rings. The third kappa shape index (κ3) is 5.19. The zero-order valence-electron chi connectivity index (χ0n) is 15.4. The Labute approximate surface area is 164 Å². The van der Waals surface area contributed by atoms with Crippen molar-refractivity contribution in [3.8, 4) is 0 Å². The van der Waals surface area contributed by atoms with Crippen molar-refractivity contribution < 1.29 is 9.53 Å². The van der Waals surface area contributed by atoms with E-state index in [1.54, 1.807) is 25.1 Å². The summed E-state index contributed by atoms with van der Waals surface area (Å²) in [6, 6.07) is 11.4. The quantitative estimate of drug-likeness (QED) is 0.544. The Hall–Kier alpha value is -2.11. The molecule has 26 heavy (non-hydrogen) atoms. The predicted molar refractivity (Wildman–Crippen MR) is 111 cm³/mol. The highest BCUT2D eigenvalue weighted by Gasteiger charge is 2.13. The van der Waals surface area contributed by atoms with Gasteiger partial charge in [-0.25, -0.2) is 4.79 Å². The van der Waals surface area contributed by atoms with Crippen LogP contribution in [-0.4, -0.2) is 17.7 Å². The van der Waals surface area contributed by atoms with E-state index < -0.39 is 5.97 Å². The molecule has 0 aliphatic carbocycles. The number of hydrogen-bond acceptors (Lipinski definition) is 3. The van der Waals surface area contributed by atoms with Crippen LogP contribution in [0.15, 0.2) is 36.4 Å². The zero-order valence-corrected chi connectivity index (χ0v) is 16.9. The van der Waals surface area contributed by atoms with E-state index in [1.165, 1.54) is 16.7 Å². The maximum Gasteiger partial charge on any atom is 0.339 e. The number of anilines is 1. The van der Waals surface area contributed by atoms with Gasteiger partial charge in [0.25, 0.3) is 0 Å². The SMILES string of the molecule is CCOC(=O)c1ccc(NC(=S)N[C@H](C)c2cc(C)ccc2C)cc1Cl. The van der Waals surface area contributed by atoms with Gasteiger partial charge in [0.1, 0.15) is 0 Å². The minimum atomic E-state index is -0.437. The Morgan fingerprint density at radius 1 is 1.23 bits per heavy atom. The van der Waals surface area contributed by atoms with Crippen molar-refractivity contribution in [3.63, 3.8) is 0 Å². The van der Waals surface area contributed by atoms with Crippen molar-refractivity contribution in [1.82, 2.24) is 5.32 Å². The Morgan fingerprint density at radius 3 is 2.62 bits per heavy atom. The summed E-state index contributed by atoms with van der Waals surface area (Å²) in [7, 11) is 0. The van der Waals surface area contributed by atoms with Gasteiger partial charge >= 0.3 is 5.97 Å². The van der Waals surface area contributed by atoms with Crippen LogP contribution in [0, 0.1) is 13.8 Å². The van der Waals surface area contributed by atoms with E-state index in [2.05, 4.69) is 49.6 Å². The van der Waals surface area contributed by atoms with Crippen LogP contribution in [0.2, 0.25) is 5.02 Å². The van der Waals surface area contributed by atoms with Crippen LogP contribution >= 0.6 is 23.8 Å². The molecule has 2 aromatic carbocycles. The number of aryl methyl sites for hydroxylation is 2. The minimum Gasteiger partial charge on any atom is -0.462 e. The Morgan fingerprint density at radius 2 is 1.96 bits per heavy atom. The van der Waals surface area contributed by atoms with Gasteiger partial charge in [0, 0.05) is 5.69 Å². The standard InChI is InChI=1S/C20H23ClN2O2S/c1-5-25-19(24)16-9-8-15(11-18(16)21)23-20(26)22-14(4)17-10-12(2)6-7-13(17)3/h6-11,14H,5H2,1-4H3,(H2,22,23,26)/t14-/m1/s1. The van der Waals surface area contributed by atoms with Crippen molar-refractivity contribution >= 4 is 40.6 Å². The highest BCUT2D eigenvalue weighted by atomic mass is 35.5. The lowest BCUT2D eigenvalue weighted by atomic mass is 10.0. The smallest absolute Gasteiger partial charge is 0.339 e. The van der Waals surface area contributed by atoms with Crippen LogP contribution < -0.4 is 10.6 Å². The molecular formula is C20H23ClN2O2S. The summed E-state index contributed by atoms with van der Waals surface area (Å²) in [5.74, 6) is -0.437. The van der Waals surface area contributed by atoms with Crippen LogP contribution in [-0.2, 0) is 4.74 Å². The molecule has 1 atom stereocenters. The van der Waals surface area contributed by atoms with Crippen molar-refractivity contribution in [3.05, 3.63) is 63.7 Å². The van der Waals surface area contributed by atoms with E-state index in [4.69, 9.17) is 28.6 Å². The molecule has 0 bridgehead atoms. The van der Waals surface area contributed by atoms with Gasteiger partial charge in [-0.15, -0.1) is 0 Å². The van der Waals surface area contributed by atoms with Crippen LogP contribution in [0.5, 0.6) is 0 Å². The van der Waals surface area contributed by atoms with E-state index >= 15 is 0 Å². The van der Waals surface area contributed by atoms with Gasteiger partial charge in [-0.3, -0.25) is 0 Å². The number of esters is 1. The molecule has 138 valence electrons. The maximum atomic E-state index is 11.8. The lowest BCUT2D eigenvalue weighted by Gasteiger charge is -2.20. The van der Waals surface area contributed by atoms with Crippen molar-refractivity contribution in [2.75, 3.05) is 11.9 Å². The van der Waals surface area contributed by atoms with E-state index in [0.717, 1.165) is 0 Å². The summed E-state index contributed by atoms with van der Waals surface area (Å²) in [4.78, 5) is 11.8. The first-order valence-electron chi connectivity index (χ1n) is 8.43. The van der Waals surface area contributed by atoms with Gasteiger partial charge in [-0.2, -0.15) is 0 Å². The second-order valence-corrected chi connectivity index (χ2v) is 6.91. The number of carbonyl (C=O) groups is 1. The van der Waals surface area contributed by atoms with Crippen LogP contribution in [0.25, 0.3) is 0 Å². The topological polar surface area (TPSA) is 50.4 Å². The lowest BCUT2D eigenvalue weighted by Crippen LogP contribution is -2.31. The summed E-state index contributed by atoms with van der Waals surface area (Å²) in [5, 5.41) is 7.18. The van der Waals surface area contributed by atoms with Crippen LogP contribution in [0.4, 0.5) is 5.69 Å². The third-order valence-electron chi connectivity index (χ3n) is 3.97. The number of halogens is 1. The molecular weight excluding hydrogens is 368 g/mol. The summed E-state index contributed by atoms with van der Waals surface area (Å²) < 4.78 is 4.97. The minimum absolute atomic E-state index is 0.0594. The molecule has 0 radical (unpaired) electrons. The first-order chi connectivity index (χ1) is 12.3. The molecule has 0 amide bonds. The zero-order chi connectivity index (χ0) is 19.3. The number of hydrogen-bond donors (Lipinski definition) is 2. The summed E-state index contributed by atoms with van der Waals surface area (Å²) >= 11 is 11.6. The fourth-order valence-corrected chi connectivity index (χ4v) is 3.19. The molecule has 6 heteroatoms. The highest BCUT2D eigenvalue weighted by Crippen LogP contribution is 2.23. The Kier molecular flexibility index (Phi) is 7.00. The molecule has 0 unspecified atom stereocenters. The van der Waals surface area contributed by atoms with Gasteiger partial charge in [0.2, 0.25) is 0 Å². The largest absolute Gasteiger partial charge is 0.462 e. The molecule has 2 rings (SSSR count). The second kappa shape index (κ2) is 9.01. The molecule has 2 N–H and O–H groups in total. The number of thiocarbonyl (C=S) groups is 1. The first kappa shape index (κ1) is 20.2. The fourth-order valence-electron chi connectivity index (χ4n) is 2.64. The second-order valence-electron chi connectivity index (χ2n) is 6.10.